The molecule has 6 heteroatoms. The fourth-order valence-electron chi connectivity index (χ4n) is 2.65. The van der Waals surface area contributed by atoms with Crippen LogP contribution in [0.15, 0.2) is 41.0 Å². The lowest BCUT2D eigenvalue weighted by Gasteiger charge is -2.22. The van der Waals surface area contributed by atoms with Crippen LogP contribution >= 0.6 is 11.8 Å². The molecule has 1 fully saturated rings. The van der Waals surface area contributed by atoms with Crippen molar-refractivity contribution < 1.29 is 18.7 Å². The van der Waals surface area contributed by atoms with E-state index in [9.17, 15) is 4.79 Å². The van der Waals surface area contributed by atoms with Gasteiger partial charge >= 0.3 is 0 Å². The van der Waals surface area contributed by atoms with Crippen LogP contribution in [0.1, 0.15) is 16.7 Å². The van der Waals surface area contributed by atoms with Crippen LogP contribution in [0.2, 0.25) is 0 Å². The second kappa shape index (κ2) is 7.00. The number of hydrogen-bond acceptors (Lipinski definition) is 5. The van der Waals surface area contributed by atoms with Crippen molar-refractivity contribution in [3.8, 4) is 11.5 Å². The van der Waals surface area contributed by atoms with Crippen LogP contribution < -0.4 is 9.47 Å². The molecule has 1 amide bonds. The molecule has 5 nitrogen and oxygen atoms in total. The summed E-state index contributed by atoms with van der Waals surface area (Å²) in [5, 5.41) is -0.0300. The van der Waals surface area contributed by atoms with Gasteiger partial charge in [0.2, 0.25) is 5.91 Å². The minimum Gasteiger partial charge on any atom is -0.493 e. The highest BCUT2D eigenvalue weighted by Crippen LogP contribution is 2.38. The minimum absolute atomic E-state index is 0.0300. The molecule has 1 atom stereocenters. The molecule has 2 aromatic rings. The summed E-state index contributed by atoms with van der Waals surface area (Å²) >= 11 is 1.60. The standard InChI is InChI=1S/C17H19NO4S/c1-20-13-6-5-12(10-15(13)21-2)7-8-18-16(19)11-23-17(18)14-4-3-9-22-14/h3-6,9-10,17H,7-8,11H2,1-2H3/t17-/m0/s1. The van der Waals surface area contributed by atoms with Crippen molar-refractivity contribution >= 4 is 17.7 Å². The molecule has 1 saturated heterocycles. The third-order valence-electron chi connectivity index (χ3n) is 3.84. The Morgan fingerprint density at radius 3 is 2.78 bits per heavy atom. The summed E-state index contributed by atoms with van der Waals surface area (Å²) in [5.41, 5.74) is 1.10. The van der Waals surface area contributed by atoms with Crippen molar-refractivity contribution in [1.82, 2.24) is 4.90 Å². The summed E-state index contributed by atoms with van der Waals surface area (Å²) in [6, 6.07) is 9.61. The molecule has 122 valence electrons. The van der Waals surface area contributed by atoms with Crippen molar-refractivity contribution in [2.24, 2.45) is 0 Å². The van der Waals surface area contributed by atoms with Crippen molar-refractivity contribution in [1.29, 1.82) is 0 Å². The number of amides is 1. The van der Waals surface area contributed by atoms with Gasteiger partial charge in [0, 0.05) is 6.54 Å². The Morgan fingerprint density at radius 2 is 2.09 bits per heavy atom. The molecule has 1 aromatic carbocycles. The van der Waals surface area contributed by atoms with Crippen LogP contribution in [0.3, 0.4) is 0 Å². The van der Waals surface area contributed by atoms with Gasteiger partial charge in [-0.25, -0.2) is 0 Å². The first-order chi connectivity index (χ1) is 11.2. The Labute approximate surface area is 139 Å². The quantitative estimate of drug-likeness (QED) is 0.813. The Bertz CT molecular complexity index is 671. The summed E-state index contributed by atoms with van der Waals surface area (Å²) in [7, 11) is 3.24. The SMILES string of the molecule is COc1ccc(CCN2C(=O)CS[C@H]2c2ccco2)cc1OC. The van der Waals surface area contributed by atoms with Crippen LogP contribution in [0.4, 0.5) is 0 Å². The predicted octanol–water partition coefficient (Wildman–Crippen LogP) is 3.11. The fourth-order valence-corrected chi connectivity index (χ4v) is 3.82. The number of carbonyl (C=O) groups is 1. The smallest absolute Gasteiger partial charge is 0.233 e. The molecule has 1 aliphatic heterocycles. The Morgan fingerprint density at radius 1 is 1.26 bits per heavy atom. The van der Waals surface area contributed by atoms with Gasteiger partial charge in [0.15, 0.2) is 11.5 Å². The second-order valence-corrected chi connectivity index (χ2v) is 6.27. The van der Waals surface area contributed by atoms with Crippen molar-refractivity contribution in [2.75, 3.05) is 26.5 Å². The highest BCUT2D eigenvalue weighted by atomic mass is 32.2. The van der Waals surface area contributed by atoms with E-state index in [0.717, 1.165) is 17.7 Å². The van der Waals surface area contributed by atoms with Gasteiger partial charge in [-0.05, 0) is 36.2 Å². The molecule has 0 unspecified atom stereocenters. The average molecular weight is 333 g/mol. The molecule has 0 N–H and O–H groups in total. The highest BCUT2D eigenvalue weighted by Gasteiger charge is 2.34. The maximum Gasteiger partial charge on any atom is 0.233 e. The Balaban J connectivity index is 1.70. The van der Waals surface area contributed by atoms with Gasteiger partial charge in [-0.3, -0.25) is 4.79 Å². The van der Waals surface area contributed by atoms with Crippen molar-refractivity contribution in [3.05, 3.63) is 47.9 Å². The summed E-state index contributed by atoms with van der Waals surface area (Å²) in [5.74, 6) is 2.88. The van der Waals surface area contributed by atoms with Crippen molar-refractivity contribution in [3.63, 3.8) is 0 Å². The predicted molar refractivity (Wildman–Crippen MR) is 88.9 cm³/mol. The minimum atomic E-state index is -0.0300. The number of furan rings is 1. The third-order valence-corrected chi connectivity index (χ3v) is 5.06. The van der Waals surface area contributed by atoms with Gasteiger partial charge in [-0.1, -0.05) is 6.07 Å². The van der Waals surface area contributed by atoms with Gasteiger partial charge in [0.25, 0.3) is 0 Å². The lowest BCUT2D eigenvalue weighted by atomic mass is 10.1. The van der Waals surface area contributed by atoms with Gasteiger partial charge in [0.05, 0.1) is 26.2 Å². The maximum absolute atomic E-state index is 12.1. The Kier molecular flexibility index (Phi) is 4.81. The molecular weight excluding hydrogens is 314 g/mol. The molecule has 1 aromatic heterocycles. The van der Waals surface area contributed by atoms with E-state index in [-0.39, 0.29) is 11.3 Å². The topological polar surface area (TPSA) is 51.9 Å². The van der Waals surface area contributed by atoms with Crippen molar-refractivity contribution in [2.45, 2.75) is 11.8 Å². The highest BCUT2D eigenvalue weighted by molar-refractivity contribution is 8.00. The normalized spacial score (nSPS) is 17.6. The molecule has 0 aliphatic carbocycles. The van der Waals surface area contributed by atoms with E-state index in [4.69, 9.17) is 13.9 Å². The number of ether oxygens (including phenoxy) is 2. The van der Waals surface area contributed by atoms with Gasteiger partial charge in [0.1, 0.15) is 11.1 Å². The number of benzene rings is 1. The summed E-state index contributed by atoms with van der Waals surface area (Å²) < 4.78 is 16.0. The lowest BCUT2D eigenvalue weighted by molar-refractivity contribution is -0.128. The zero-order chi connectivity index (χ0) is 16.2. The first kappa shape index (κ1) is 15.8. The number of rotatable bonds is 6. The van der Waals surface area contributed by atoms with Crippen LogP contribution in [0.25, 0.3) is 0 Å². The molecule has 0 saturated carbocycles. The number of carbonyl (C=O) groups excluding carboxylic acids is 1. The largest absolute Gasteiger partial charge is 0.493 e. The molecule has 0 spiro atoms. The summed E-state index contributed by atoms with van der Waals surface area (Å²) in [6.07, 6.45) is 2.40. The van der Waals surface area contributed by atoms with E-state index in [1.54, 1.807) is 32.2 Å². The van der Waals surface area contributed by atoms with E-state index >= 15 is 0 Å². The number of methoxy groups -OCH3 is 2. The number of nitrogens with zero attached hydrogens (tertiary/aromatic N) is 1. The molecule has 2 heterocycles. The molecule has 1 aliphatic rings. The molecule has 3 rings (SSSR count). The van der Waals surface area contributed by atoms with E-state index in [0.29, 0.717) is 23.8 Å². The molecule has 0 radical (unpaired) electrons. The second-order valence-electron chi connectivity index (χ2n) is 5.21. The van der Waals surface area contributed by atoms with Gasteiger partial charge in [-0.2, -0.15) is 0 Å². The number of thioether (sulfide) groups is 1. The van der Waals surface area contributed by atoms with Crippen LogP contribution in [-0.2, 0) is 11.2 Å². The van der Waals surface area contributed by atoms with Crippen LogP contribution in [0.5, 0.6) is 11.5 Å². The lowest BCUT2D eigenvalue weighted by Crippen LogP contribution is -2.30. The first-order valence-electron chi connectivity index (χ1n) is 7.38. The zero-order valence-electron chi connectivity index (χ0n) is 13.2. The first-order valence-corrected chi connectivity index (χ1v) is 8.43. The third kappa shape index (κ3) is 3.32. The van der Waals surface area contributed by atoms with E-state index < -0.39 is 0 Å². The van der Waals surface area contributed by atoms with Crippen LogP contribution in [-0.4, -0.2) is 37.3 Å². The van der Waals surface area contributed by atoms with Gasteiger partial charge < -0.3 is 18.8 Å². The molecule has 23 heavy (non-hydrogen) atoms. The zero-order valence-corrected chi connectivity index (χ0v) is 14.0. The Hall–Kier alpha value is -2.08. The fraction of sp³-hybridized carbons (Fsp3) is 0.353. The number of hydrogen-bond donors (Lipinski definition) is 0. The van der Waals surface area contributed by atoms with E-state index in [1.807, 2.05) is 35.2 Å². The van der Waals surface area contributed by atoms with E-state index in [1.165, 1.54) is 0 Å². The van der Waals surface area contributed by atoms with E-state index in [2.05, 4.69) is 0 Å². The molecule has 0 bridgehead atoms. The molecular formula is C17H19NO4S. The maximum atomic E-state index is 12.1. The summed E-state index contributed by atoms with van der Waals surface area (Å²) in [4.78, 5) is 14.0. The van der Waals surface area contributed by atoms with Crippen LogP contribution in [0, 0.1) is 0 Å². The average Bonchev–Trinajstić information content (AvgIpc) is 3.22. The van der Waals surface area contributed by atoms with Gasteiger partial charge in [-0.15, -0.1) is 11.8 Å². The monoisotopic (exact) mass is 333 g/mol. The summed E-state index contributed by atoms with van der Waals surface area (Å²) in [6.45, 7) is 0.646.